The highest BCUT2D eigenvalue weighted by Gasteiger charge is 2.27. The topological polar surface area (TPSA) is 152 Å². The monoisotopic (exact) mass is 294 g/mol. The van der Waals surface area contributed by atoms with Gasteiger partial charge in [0.15, 0.2) is 0 Å². The third-order valence-electron chi connectivity index (χ3n) is 2.36. The van der Waals surface area contributed by atoms with E-state index in [-0.39, 0.29) is 6.42 Å². The van der Waals surface area contributed by atoms with Crippen LogP contribution in [0.2, 0.25) is 0 Å². The van der Waals surface area contributed by atoms with E-state index in [1.807, 2.05) is 0 Å². The van der Waals surface area contributed by atoms with Crippen molar-refractivity contribution in [2.75, 3.05) is 0 Å². The molecule has 0 bridgehead atoms. The molecule has 0 amide bonds. The van der Waals surface area contributed by atoms with Crippen molar-refractivity contribution < 1.29 is 39.9 Å². The normalized spacial score (nSPS) is 13.7. The first-order valence-corrected chi connectivity index (χ1v) is 5.91. The molecule has 0 aliphatic heterocycles. The van der Waals surface area contributed by atoms with Crippen molar-refractivity contribution in [3.8, 4) is 0 Å². The highest BCUT2D eigenvalue weighted by Crippen LogP contribution is 2.13. The molecule has 1 atom stereocenters. The van der Waals surface area contributed by atoms with Gasteiger partial charge in [0, 0.05) is 0 Å². The molecule has 0 fully saturated rings. The summed E-state index contributed by atoms with van der Waals surface area (Å²) >= 11 is 0. The summed E-state index contributed by atoms with van der Waals surface area (Å²) in [7, 11) is 0. The van der Waals surface area contributed by atoms with Gasteiger partial charge in [-0.1, -0.05) is 6.92 Å². The van der Waals surface area contributed by atoms with Crippen LogP contribution >= 0.6 is 0 Å². The molecule has 0 rings (SSSR count). The molecule has 8 nitrogen and oxygen atoms in total. The van der Waals surface area contributed by atoms with E-state index in [1.54, 1.807) is 6.92 Å². The molecule has 0 heterocycles. The minimum Gasteiger partial charge on any atom is -0.481 e. The maximum Gasteiger partial charge on any atom is 0.306 e. The number of aliphatic hydroxyl groups is 2. The minimum atomic E-state index is -1.66. The third-order valence-corrected chi connectivity index (χ3v) is 2.36. The lowest BCUT2D eigenvalue weighted by molar-refractivity contribution is -0.147. The van der Waals surface area contributed by atoms with Gasteiger partial charge in [-0.05, 0) is 20.3 Å². The van der Waals surface area contributed by atoms with Crippen molar-refractivity contribution in [3.05, 3.63) is 0 Å². The molecule has 1 unspecified atom stereocenters. The van der Waals surface area contributed by atoms with E-state index >= 15 is 0 Å². The molecular weight excluding hydrogens is 272 g/mol. The summed E-state index contributed by atoms with van der Waals surface area (Å²) in [6.07, 6.45) is -0.818. The summed E-state index contributed by atoms with van der Waals surface area (Å²) < 4.78 is 0. The smallest absolute Gasteiger partial charge is 0.306 e. The van der Waals surface area contributed by atoms with Crippen molar-refractivity contribution >= 4 is 17.9 Å². The molecule has 0 saturated carbocycles. The number of hydrogen-bond acceptors (Lipinski definition) is 5. The fraction of sp³-hybridized carbons (Fsp3) is 0.750. The van der Waals surface area contributed by atoms with Gasteiger partial charge in [0.1, 0.15) is 0 Å². The molecule has 0 aromatic rings. The van der Waals surface area contributed by atoms with E-state index in [1.165, 1.54) is 13.8 Å². The van der Waals surface area contributed by atoms with Gasteiger partial charge in [0.25, 0.3) is 0 Å². The SMILES string of the molecule is CC(O)(CC(=O)O)CC(=O)O.CCC(C)(O)CC(=O)O. The molecule has 0 aliphatic rings. The Kier molecular flexibility index (Phi) is 8.76. The first-order chi connectivity index (χ1) is 8.81. The van der Waals surface area contributed by atoms with E-state index in [0.29, 0.717) is 6.42 Å². The van der Waals surface area contributed by atoms with Crippen molar-refractivity contribution in [2.24, 2.45) is 0 Å². The van der Waals surface area contributed by atoms with Crippen LogP contribution in [0, 0.1) is 0 Å². The predicted molar refractivity (Wildman–Crippen MR) is 68.3 cm³/mol. The fourth-order valence-electron chi connectivity index (χ4n) is 1.16. The Labute approximate surface area is 116 Å². The number of carbonyl (C=O) groups is 3. The van der Waals surface area contributed by atoms with Crippen LogP contribution in [0.3, 0.4) is 0 Å². The zero-order valence-corrected chi connectivity index (χ0v) is 11.8. The van der Waals surface area contributed by atoms with Crippen LogP contribution in [0.5, 0.6) is 0 Å². The summed E-state index contributed by atoms with van der Waals surface area (Å²) in [5.41, 5.74) is -2.69. The van der Waals surface area contributed by atoms with Crippen LogP contribution in [-0.4, -0.2) is 54.6 Å². The molecule has 0 spiro atoms. The van der Waals surface area contributed by atoms with Crippen LogP contribution in [0.25, 0.3) is 0 Å². The van der Waals surface area contributed by atoms with Crippen molar-refractivity contribution in [3.63, 3.8) is 0 Å². The standard InChI is InChI=1S/C6H10O5.C6H12O3/c1-6(11,2-4(7)8)3-5(9)10;1-3-6(2,9)4-5(7)8/h11H,2-3H2,1H3,(H,7,8)(H,9,10);9H,3-4H2,1-2H3,(H,7,8). The summed E-state index contributed by atoms with van der Waals surface area (Å²) in [5, 5.41) is 42.8. The summed E-state index contributed by atoms with van der Waals surface area (Å²) in [6, 6.07) is 0. The van der Waals surface area contributed by atoms with E-state index < -0.39 is 42.0 Å². The van der Waals surface area contributed by atoms with Crippen LogP contribution < -0.4 is 0 Å². The molecule has 5 N–H and O–H groups in total. The molecule has 0 saturated heterocycles. The quantitative estimate of drug-likeness (QED) is 0.449. The number of hydrogen-bond donors (Lipinski definition) is 5. The third kappa shape index (κ3) is 14.4. The Bertz CT molecular complexity index is 327. The lowest BCUT2D eigenvalue weighted by Gasteiger charge is -2.17. The Morgan fingerprint density at radius 1 is 0.750 bits per heavy atom. The Balaban J connectivity index is 0. The minimum absolute atomic E-state index is 0.177. The van der Waals surface area contributed by atoms with Crippen molar-refractivity contribution in [1.29, 1.82) is 0 Å². The lowest BCUT2D eigenvalue weighted by Crippen LogP contribution is -2.30. The van der Waals surface area contributed by atoms with Crippen molar-refractivity contribution in [2.45, 2.75) is 57.7 Å². The van der Waals surface area contributed by atoms with Crippen molar-refractivity contribution in [1.82, 2.24) is 0 Å². The Hall–Kier alpha value is -1.67. The molecule has 0 aromatic heterocycles. The first-order valence-electron chi connectivity index (χ1n) is 5.91. The van der Waals surface area contributed by atoms with Crippen LogP contribution in [0.15, 0.2) is 0 Å². The van der Waals surface area contributed by atoms with Gasteiger partial charge in [-0.3, -0.25) is 14.4 Å². The van der Waals surface area contributed by atoms with Gasteiger partial charge in [-0.25, -0.2) is 0 Å². The first kappa shape index (κ1) is 20.6. The van der Waals surface area contributed by atoms with Gasteiger partial charge >= 0.3 is 17.9 Å². The zero-order chi connectivity index (χ0) is 16.6. The number of rotatable bonds is 7. The molecule has 20 heavy (non-hydrogen) atoms. The van der Waals surface area contributed by atoms with Gasteiger partial charge in [0.05, 0.1) is 30.5 Å². The summed E-state index contributed by atoms with van der Waals surface area (Å²) in [4.78, 5) is 30.1. The van der Waals surface area contributed by atoms with Crippen LogP contribution in [0.1, 0.15) is 46.5 Å². The molecule has 0 aliphatic carbocycles. The van der Waals surface area contributed by atoms with Crippen LogP contribution in [0.4, 0.5) is 0 Å². The van der Waals surface area contributed by atoms with Gasteiger partial charge in [0.2, 0.25) is 0 Å². The molecule has 0 aromatic carbocycles. The average Bonchev–Trinajstić information content (AvgIpc) is 2.11. The van der Waals surface area contributed by atoms with E-state index in [0.717, 1.165) is 0 Å². The lowest BCUT2D eigenvalue weighted by atomic mass is 9.99. The number of carboxylic acids is 3. The van der Waals surface area contributed by atoms with E-state index in [4.69, 9.17) is 25.5 Å². The molecular formula is C12H22O8. The summed E-state index contributed by atoms with van der Waals surface area (Å²) in [6.45, 7) is 4.44. The Morgan fingerprint density at radius 3 is 1.15 bits per heavy atom. The average molecular weight is 294 g/mol. The van der Waals surface area contributed by atoms with E-state index in [2.05, 4.69) is 0 Å². The second kappa shape index (κ2) is 8.49. The maximum atomic E-state index is 10.0. The fourth-order valence-corrected chi connectivity index (χ4v) is 1.16. The van der Waals surface area contributed by atoms with Gasteiger partial charge in [-0.15, -0.1) is 0 Å². The highest BCUT2D eigenvalue weighted by molar-refractivity contribution is 5.72. The molecule has 118 valence electrons. The van der Waals surface area contributed by atoms with E-state index in [9.17, 15) is 14.4 Å². The maximum absolute atomic E-state index is 10.0. The largest absolute Gasteiger partial charge is 0.481 e. The molecule has 8 heteroatoms. The predicted octanol–water partition coefficient (Wildman–Crippen LogP) is 0.309. The van der Waals surface area contributed by atoms with Gasteiger partial charge in [-0.2, -0.15) is 0 Å². The van der Waals surface area contributed by atoms with Crippen LogP contribution in [-0.2, 0) is 14.4 Å². The zero-order valence-electron chi connectivity index (χ0n) is 11.8. The second-order valence-corrected chi connectivity index (χ2v) is 5.06. The Morgan fingerprint density at radius 2 is 1.00 bits per heavy atom. The summed E-state index contributed by atoms with van der Waals surface area (Å²) in [5.74, 6) is -3.38. The second-order valence-electron chi connectivity index (χ2n) is 5.06. The van der Waals surface area contributed by atoms with Gasteiger partial charge < -0.3 is 25.5 Å². The molecule has 0 radical (unpaired) electrons. The number of carboxylic acid groups (broad SMARTS) is 3. The number of aliphatic carboxylic acids is 3. The highest BCUT2D eigenvalue weighted by atomic mass is 16.4.